The summed E-state index contributed by atoms with van der Waals surface area (Å²) in [5.41, 5.74) is 6.53. The van der Waals surface area contributed by atoms with E-state index in [1.807, 2.05) is 6.92 Å². The second-order valence-corrected chi connectivity index (χ2v) is 4.23. The van der Waals surface area contributed by atoms with E-state index in [-0.39, 0.29) is 5.91 Å². The summed E-state index contributed by atoms with van der Waals surface area (Å²) in [5.74, 6) is 0.528. The number of amides is 1. The molecule has 0 aliphatic rings. The lowest BCUT2D eigenvalue weighted by molar-refractivity contribution is -0.127. The topological polar surface area (TPSA) is 86.5 Å². The van der Waals surface area contributed by atoms with E-state index in [1.54, 1.807) is 26.2 Å². The molecule has 0 saturated carbocycles. The number of aryl methyl sites for hydroxylation is 1. The van der Waals surface area contributed by atoms with Crippen molar-refractivity contribution >= 4 is 11.7 Å². The molecule has 0 radical (unpaired) electrons. The van der Waals surface area contributed by atoms with Gasteiger partial charge in [0.2, 0.25) is 0 Å². The first kappa shape index (κ1) is 15.2. The Morgan fingerprint density at radius 1 is 1.53 bits per heavy atom. The van der Waals surface area contributed by atoms with Crippen LogP contribution in [0.1, 0.15) is 19.0 Å². The van der Waals surface area contributed by atoms with Crippen LogP contribution >= 0.6 is 0 Å². The van der Waals surface area contributed by atoms with Gasteiger partial charge in [0.1, 0.15) is 0 Å². The Balaban J connectivity index is 2.45. The van der Waals surface area contributed by atoms with Crippen LogP contribution in [0.4, 0.5) is 5.82 Å². The van der Waals surface area contributed by atoms with Crippen molar-refractivity contribution in [3.63, 3.8) is 0 Å². The van der Waals surface area contributed by atoms with Crippen LogP contribution in [0.3, 0.4) is 0 Å². The van der Waals surface area contributed by atoms with Gasteiger partial charge in [0.25, 0.3) is 5.91 Å². The first-order valence-corrected chi connectivity index (χ1v) is 6.21. The van der Waals surface area contributed by atoms with Crippen molar-refractivity contribution in [1.29, 1.82) is 0 Å². The zero-order valence-corrected chi connectivity index (χ0v) is 11.6. The van der Waals surface area contributed by atoms with Gasteiger partial charge < -0.3 is 20.5 Å². The van der Waals surface area contributed by atoms with Crippen LogP contribution in [-0.4, -0.2) is 37.3 Å². The third-order valence-corrected chi connectivity index (χ3v) is 2.52. The molecule has 6 heteroatoms. The fourth-order valence-corrected chi connectivity index (χ4v) is 1.48. The molecular formula is C13H21N3O3. The van der Waals surface area contributed by atoms with Crippen LogP contribution in [0.15, 0.2) is 12.1 Å². The fourth-order valence-electron chi connectivity index (χ4n) is 1.48. The van der Waals surface area contributed by atoms with Crippen LogP contribution < -0.4 is 15.8 Å². The van der Waals surface area contributed by atoms with Gasteiger partial charge in [0, 0.05) is 26.0 Å². The number of nitrogen functional groups attached to an aromatic ring is 1. The van der Waals surface area contributed by atoms with Gasteiger partial charge in [0.15, 0.2) is 17.7 Å². The van der Waals surface area contributed by atoms with Gasteiger partial charge in [-0.05, 0) is 32.4 Å². The Labute approximate surface area is 113 Å². The molecule has 1 heterocycles. The summed E-state index contributed by atoms with van der Waals surface area (Å²) in [4.78, 5) is 15.8. The predicted molar refractivity (Wildman–Crippen MR) is 73.0 cm³/mol. The zero-order chi connectivity index (χ0) is 14.3. The minimum atomic E-state index is -0.616. The smallest absolute Gasteiger partial charge is 0.260 e. The number of methoxy groups -OCH3 is 1. The third-order valence-electron chi connectivity index (χ3n) is 2.52. The average Bonchev–Trinajstić information content (AvgIpc) is 2.37. The highest BCUT2D eigenvalue weighted by Crippen LogP contribution is 2.20. The van der Waals surface area contributed by atoms with Gasteiger partial charge in [-0.2, -0.15) is 0 Å². The first-order valence-electron chi connectivity index (χ1n) is 6.21. The summed E-state index contributed by atoms with van der Waals surface area (Å²) in [6.07, 6.45) is 0.151. The summed E-state index contributed by atoms with van der Waals surface area (Å²) in [5, 5.41) is 2.76. The quantitative estimate of drug-likeness (QED) is 0.717. The minimum absolute atomic E-state index is 0.184. The van der Waals surface area contributed by atoms with E-state index in [0.29, 0.717) is 24.7 Å². The summed E-state index contributed by atoms with van der Waals surface area (Å²) < 4.78 is 10.4. The fraction of sp³-hybridized carbons (Fsp3) is 0.538. The normalized spacial score (nSPS) is 11.9. The number of rotatable bonds is 7. The van der Waals surface area contributed by atoms with Gasteiger partial charge in [-0.1, -0.05) is 0 Å². The molecule has 0 saturated heterocycles. The number of carbonyl (C=O) groups is 1. The lowest BCUT2D eigenvalue weighted by Gasteiger charge is -2.15. The Bertz CT molecular complexity index is 424. The molecule has 1 atom stereocenters. The lowest BCUT2D eigenvalue weighted by Crippen LogP contribution is -2.37. The maximum absolute atomic E-state index is 11.8. The van der Waals surface area contributed by atoms with E-state index >= 15 is 0 Å². The van der Waals surface area contributed by atoms with Crippen molar-refractivity contribution in [1.82, 2.24) is 10.3 Å². The molecular weight excluding hydrogens is 246 g/mol. The van der Waals surface area contributed by atoms with E-state index in [9.17, 15) is 4.79 Å². The Kier molecular flexibility index (Phi) is 6.08. The lowest BCUT2D eigenvalue weighted by atomic mass is 10.3. The molecule has 106 valence electrons. The number of hydrogen-bond donors (Lipinski definition) is 2. The molecule has 0 aliphatic heterocycles. The number of hydrogen-bond acceptors (Lipinski definition) is 5. The summed E-state index contributed by atoms with van der Waals surface area (Å²) in [6.45, 7) is 4.68. The molecule has 0 fully saturated rings. The molecule has 1 aromatic heterocycles. The Hall–Kier alpha value is -1.82. The summed E-state index contributed by atoms with van der Waals surface area (Å²) >= 11 is 0. The highest BCUT2D eigenvalue weighted by atomic mass is 16.5. The van der Waals surface area contributed by atoms with Crippen LogP contribution in [0, 0.1) is 6.92 Å². The molecule has 1 unspecified atom stereocenters. The molecule has 0 spiro atoms. The van der Waals surface area contributed by atoms with Crippen molar-refractivity contribution in [2.45, 2.75) is 26.4 Å². The number of aromatic nitrogens is 1. The van der Waals surface area contributed by atoms with Crippen LogP contribution in [0.2, 0.25) is 0 Å². The van der Waals surface area contributed by atoms with Gasteiger partial charge in [-0.3, -0.25) is 4.79 Å². The van der Waals surface area contributed by atoms with Crippen molar-refractivity contribution in [2.24, 2.45) is 0 Å². The van der Waals surface area contributed by atoms with E-state index in [2.05, 4.69) is 10.3 Å². The average molecular weight is 267 g/mol. The maximum Gasteiger partial charge on any atom is 0.260 e. The van der Waals surface area contributed by atoms with Crippen LogP contribution in [-0.2, 0) is 9.53 Å². The van der Waals surface area contributed by atoms with Crippen molar-refractivity contribution in [3.8, 4) is 5.75 Å². The molecule has 1 rings (SSSR count). The zero-order valence-electron chi connectivity index (χ0n) is 11.6. The molecule has 19 heavy (non-hydrogen) atoms. The van der Waals surface area contributed by atoms with E-state index in [4.69, 9.17) is 15.2 Å². The van der Waals surface area contributed by atoms with Crippen molar-refractivity contribution < 1.29 is 14.3 Å². The van der Waals surface area contributed by atoms with Gasteiger partial charge >= 0.3 is 0 Å². The number of nitrogens with two attached hydrogens (primary N) is 1. The van der Waals surface area contributed by atoms with Gasteiger partial charge in [-0.15, -0.1) is 0 Å². The molecule has 0 aliphatic carbocycles. The number of carbonyl (C=O) groups excluding carboxylic acids is 1. The standard InChI is InChI=1S/C13H21N3O3/c1-9-5-6-11(12(14)16-9)19-10(2)13(17)15-7-4-8-18-3/h5-6,10H,4,7-8H2,1-3H3,(H2,14,16)(H,15,17). The third kappa shape index (κ3) is 5.13. The van der Waals surface area contributed by atoms with E-state index < -0.39 is 6.10 Å². The largest absolute Gasteiger partial charge is 0.477 e. The summed E-state index contributed by atoms with van der Waals surface area (Å²) in [7, 11) is 1.63. The highest BCUT2D eigenvalue weighted by Gasteiger charge is 2.15. The van der Waals surface area contributed by atoms with Crippen LogP contribution in [0.25, 0.3) is 0 Å². The number of nitrogens with zero attached hydrogens (tertiary/aromatic N) is 1. The van der Waals surface area contributed by atoms with Crippen molar-refractivity contribution in [3.05, 3.63) is 17.8 Å². The molecule has 3 N–H and O–H groups in total. The Morgan fingerprint density at radius 3 is 2.89 bits per heavy atom. The molecule has 0 bridgehead atoms. The number of ether oxygens (including phenoxy) is 2. The van der Waals surface area contributed by atoms with Gasteiger partial charge in [-0.25, -0.2) is 4.98 Å². The second-order valence-electron chi connectivity index (χ2n) is 4.23. The molecule has 1 amide bonds. The van der Waals surface area contributed by atoms with Crippen molar-refractivity contribution in [2.75, 3.05) is 26.0 Å². The molecule has 0 aromatic carbocycles. The number of anilines is 1. The van der Waals surface area contributed by atoms with Crippen LogP contribution in [0.5, 0.6) is 5.75 Å². The summed E-state index contributed by atoms with van der Waals surface area (Å²) in [6, 6.07) is 3.50. The highest BCUT2D eigenvalue weighted by molar-refractivity contribution is 5.80. The Morgan fingerprint density at radius 2 is 2.26 bits per heavy atom. The number of nitrogens with one attached hydrogen (secondary N) is 1. The monoisotopic (exact) mass is 267 g/mol. The van der Waals surface area contributed by atoms with E-state index in [0.717, 1.165) is 12.1 Å². The first-order chi connectivity index (χ1) is 9.04. The van der Waals surface area contributed by atoms with Gasteiger partial charge in [0.05, 0.1) is 0 Å². The second kappa shape index (κ2) is 7.58. The predicted octanol–water partition coefficient (Wildman–Crippen LogP) is 0.892. The molecule has 6 nitrogen and oxygen atoms in total. The SMILES string of the molecule is COCCCNC(=O)C(C)Oc1ccc(C)nc1N. The number of pyridine rings is 1. The maximum atomic E-state index is 11.8. The minimum Gasteiger partial charge on any atom is -0.477 e. The van der Waals surface area contributed by atoms with E-state index in [1.165, 1.54) is 0 Å². The molecule has 1 aromatic rings.